The number of hydrogen-bond acceptors (Lipinski definition) is 6. The van der Waals surface area contributed by atoms with E-state index in [0.29, 0.717) is 38.6 Å². The van der Waals surface area contributed by atoms with E-state index >= 15 is 0 Å². The number of methoxy groups -OCH3 is 1. The van der Waals surface area contributed by atoms with Gasteiger partial charge in [-0.2, -0.15) is 4.98 Å². The van der Waals surface area contributed by atoms with Gasteiger partial charge in [-0.05, 0) is 42.5 Å². The van der Waals surface area contributed by atoms with Crippen LogP contribution in [0.1, 0.15) is 16.2 Å². The number of nitrogens with zero attached hydrogens (tertiary/aromatic N) is 2. The Bertz CT molecular complexity index is 1030. The van der Waals surface area contributed by atoms with Crippen LogP contribution in [0, 0.1) is 0 Å². The van der Waals surface area contributed by atoms with Gasteiger partial charge in [-0.25, -0.2) is 4.79 Å². The van der Waals surface area contributed by atoms with Crippen LogP contribution in [0.2, 0.25) is 10.0 Å². The van der Waals surface area contributed by atoms with Gasteiger partial charge < -0.3 is 19.9 Å². The number of hydrogen-bond donors (Lipinski definition) is 2. The number of halogens is 2. The average Bonchev–Trinajstić information content (AvgIpc) is 3.16. The second kappa shape index (κ2) is 9.01. The molecule has 0 aliphatic carbocycles. The molecule has 0 spiro atoms. The first-order valence-corrected chi connectivity index (χ1v) is 9.14. The summed E-state index contributed by atoms with van der Waals surface area (Å²) in [5.41, 5.74) is 1.48. The minimum Gasteiger partial charge on any atom is -0.465 e. The molecule has 0 atom stereocenters. The molecule has 10 heteroatoms. The van der Waals surface area contributed by atoms with E-state index in [0.717, 1.165) is 0 Å². The fourth-order valence-corrected chi connectivity index (χ4v) is 2.83. The van der Waals surface area contributed by atoms with Crippen molar-refractivity contribution in [3.63, 3.8) is 0 Å². The predicted octanol–water partition coefficient (Wildman–Crippen LogP) is 4.32. The molecule has 0 radical (unpaired) electrons. The van der Waals surface area contributed by atoms with Crippen LogP contribution < -0.4 is 10.6 Å². The SMILES string of the molecule is COC(=O)c1ccc(Cl)c(NC(=S)NCc2nc(-c3ccccc3Cl)no2)c1. The van der Waals surface area contributed by atoms with E-state index < -0.39 is 5.97 Å². The Morgan fingerprint density at radius 3 is 2.75 bits per heavy atom. The van der Waals surface area contributed by atoms with Crippen molar-refractivity contribution in [1.82, 2.24) is 15.5 Å². The van der Waals surface area contributed by atoms with Gasteiger partial charge in [0, 0.05) is 5.56 Å². The Balaban J connectivity index is 1.63. The number of thiocarbonyl (C=S) groups is 1. The monoisotopic (exact) mass is 436 g/mol. The minimum atomic E-state index is -0.475. The molecule has 0 fully saturated rings. The molecule has 3 aromatic rings. The lowest BCUT2D eigenvalue weighted by Gasteiger charge is -2.11. The summed E-state index contributed by atoms with van der Waals surface area (Å²) in [5, 5.41) is 11.0. The molecular weight excluding hydrogens is 423 g/mol. The summed E-state index contributed by atoms with van der Waals surface area (Å²) < 4.78 is 9.90. The topological polar surface area (TPSA) is 89.3 Å². The van der Waals surface area contributed by atoms with Gasteiger partial charge in [0.05, 0.1) is 35.0 Å². The van der Waals surface area contributed by atoms with Gasteiger partial charge in [0.25, 0.3) is 0 Å². The molecule has 144 valence electrons. The van der Waals surface area contributed by atoms with E-state index in [1.807, 2.05) is 12.1 Å². The highest BCUT2D eigenvalue weighted by Crippen LogP contribution is 2.25. The fourth-order valence-electron chi connectivity index (χ4n) is 2.27. The number of esters is 1. The molecular formula is C18H14Cl2N4O3S. The van der Waals surface area contributed by atoms with E-state index in [9.17, 15) is 4.79 Å². The summed E-state index contributed by atoms with van der Waals surface area (Å²) in [5.74, 6) is 0.236. The standard InChI is InChI=1S/C18H14Cl2N4O3S/c1-26-17(25)10-6-7-13(20)14(8-10)22-18(28)21-9-15-23-16(24-27-15)11-4-2-3-5-12(11)19/h2-8H,9H2,1H3,(H2,21,22,28). The molecule has 3 rings (SSSR count). The molecule has 7 nitrogen and oxygen atoms in total. The van der Waals surface area contributed by atoms with Crippen molar-refractivity contribution in [3.05, 3.63) is 64.0 Å². The molecule has 0 bridgehead atoms. The molecule has 1 aromatic heterocycles. The lowest BCUT2D eigenvalue weighted by atomic mass is 10.2. The van der Waals surface area contributed by atoms with Crippen LogP contribution in [0.4, 0.5) is 5.69 Å². The normalized spacial score (nSPS) is 10.4. The number of aromatic nitrogens is 2. The maximum atomic E-state index is 11.6. The maximum Gasteiger partial charge on any atom is 0.337 e. The molecule has 0 saturated heterocycles. The van der Waals surface area contributed by atoms with E-state index in [-0.39, 0.29) is 11.7 Å². The van der Waals surface area contributed by atoms with E-state index in [1.165, 1.54) is 7.11 Å². The van der Waals surface area contributed by atoms with Crippen molar-refractivity contribution >= 4 is 52.2 Å². The first-order valence-electron chi connectivity index (χ1n) is 7.98. The summed E-state index contributed by atoms with van der Waals surface area (Å²) in [6, 6.07) is 11.9. The number of nitrogens with one attached hydrogen (secondary N) is 2. The first-order chi connectivity index (χ1) is 13.5. The number of benzene rings is 2. The van der Waals surface area contributed by atoms with Crippen molar-refractivity contribution in [3.8, 4) is 11.4 Å². The van der Waals surface area contributed by atoms with Crippen LogP contribution in [0.25, 0.3) is 11.4 Å². The lowest BCUT2D eigenvalue weighted by molar-refractivity contribution is 0.0601. The Morgan fingerprint density at radius 1 is 1.21 bits per heavy atom. The molecule has 0 amide bonds. The number of ether oxygens (including phenoxy) is 1. The van der Waals surface area contributed by atoms with Gasteiger partial charge in [-0.1, -0.05) is 40.5 Å². The summed E-state index contributed by atoms with van der Waals surface area (Å²) >= 11 is 17.5. The zero-order valence-corrected chi connectivity index (χ0v) is 16.9. The van der Waals surface area contributed by atoms with Crippen LogP contribution in [-0.2, 0) is 11.3 Å². The highest BCUT2D eigenvalue weighted by molar-refractivity contribution is 7.80. The third-order valence-electron chi connectivity index (χ3n) is 3.62. The molecule has 28 heavy (non-hydrogen) atoms. The smallest absolute Gasteiger partial charge is 0.337 e. The first kappa shape index (κ1) is 20.1. The van der Waals surface area contributed by atoms with Crippen LogP contribution in [0.5, 0.6) is 0 Å². The third kappa shape index (κ3) is 4.78. The molecule has 0 aliphatic rings. The van der Waals surface area contributed by atoms with Crippen molar-refractivity contribution in [2.75, 3.05) is 12.4 Å². The molecule has 1 heterocycles. The van der Waals surface area contributed by atoms with Crippen molar-refractivity contribution < 1.29 is 14.1 Å². The fraction of sp³-hybridized carbons (Fsp3) is 0.111. The molecule has 0 saturated carbocycles. The minimum absolute atomic E-state index is 0.192. The van der Waals surface area contributed by atoms with Crippen LogP contribution in [0.15, 0.2) is 47.0 Å². The summed E-state index contributed by atoms with van der Waals surface area (Å²) in [7, 11) is 1.30. The van der Waals surface area contributed by atoms with E-state index in [1.54, 1.807) is 30.3 Å². The average molecular weight is 437 g/mol. The van der Waals surface area contributed by atoms with Gasteiger partial charge >= 0.3 is 5.97 Å². The van der Waals surface area contributed by atoms with Crippen molar-refractivity contribution in [2.45, 2.75) is 6.54 Å². The molecule has 0 aliphatic heterocycles. The zero-order chi connectivity index (χ0) is 20.1. The zero-order valence-electron chi connectivity index (χ0n) is 14.5. The summed E-state index contributed by atoms with van der Waals surface area (Å²) in [6.45, 7) is 0.192. The van der Waals surface area contributed by atoms with E-state index in [2.05, 4.69) is 20.8 Å². The Labute approximate surface area is 176 Å². The van der Waals surface area contributed by atoms with Gasteiger partial charge in [0.1, 0.15) is 0 Å². The van der Waals surface area contributed by atoms with Crippen molar-refractivity contribution in [1.29, 1.82) is 0 Å². The maximum absolute atomic E-state index is 11.6. The molecule has 2 aromatic carbocycles. The van der Waals surface area contributed by atoms with Crippen LogP contribution >= 0.6 is 35.4 Å². The third-order valence-corrected chi connectivity index (χ3v) is 4.52. The Hall–Kier alpha value is -2.68. The number of anilines is 1. The number of carbonyl (C=O) groups excluding carboxylic acids is 1. The van der Waals surface area contributed by atoms with Gasteiger partial charge in [0.15, 0.2) is 5.11 Å². The largest absolute Gasteiger partial charge is 0.465 e. The quantitative estimate of drug-likeness (QED) is 0.451. The summed E-state index contributed by atoms with van der Waals surface area (Å²) in [6.07, 6.45) is 0. The highest BCUT2D eigenvalue weighted by Gasteiger charge is 2.13. The second-order valence-electron chi connectivity index (χ2n) is 5.49. The van der Waals surface area contributed by atoms with Gasteiger partial charge in [-0.3, -0.25) is 0 Å². The number of rotatable bonds is 5. The van der Waals surface area contributed by atoms with Gasteiger partial charge in [-0.15, -0.1) is 0 Å². The Kier molecular flexibility index (Phi) is 6.45. The summed E-state index contributed by atoms with van der Waals surface area (Å²) in [4.78, 5) is 15.9. The molecule has 2 N–H and O–H groups in total. The number of carbonyl (C=O) groups is 1. The Morgan fingerprint density at radius 2 is 2.00 bits per heavy atom. The van der Waals surface area contributed by atoms with Gasteiger partial charge in [0.2, 0.25) is 11.7 Å². The van der Waals surface area contributed by atoms with Crippen LogP contribution in [-0.4, -0.2) is 28.3 Å². The van der Waals surface area contributed by atoms with Crippen LogP contribution in [0.3, 0.4) is 0 Å². The second-order valence-corrected chi connectivity index (χ2v) is 6.71. The highest BCUT2D eigenvalue weighted by atomic mass is 35.5. The van der Waals surface area contributed by atoms with E-state index in [4.69, 9.17) is 44.7 Å². The molecule has 0 unspecified atom stereocenters. The lowest BCUT2D eigenvalue weighted by Crippen LogP contribution is -2.28. The van der Waals surface area contributed by atoms with Crippen molar-refractivity contribution in [2.24, 2.45) is 0 Å². The predicted molar refractivity (Wildman–Crippen MR) is 111 cm³/mol.